The van der Waals surface area contributed by atoms with E-state index in [1.807, 2.05) is 31.2 Å². The summed E-state index contributed by atoms with van der Waals surface area (Å²) >= 11 is 1.71. The largest absolute Gasteiger partial charge is 0.326 e. The van der Waals surface area contributed by atoms with Crippen molar-refractivity contribution >= 4 is 23.4 Å². The summed E-state index contributed by atoms with van der Waals surface area (Å²) in [5.74, 6) is 0.857. The van der Waals surface area contributed by atoms with Crippen molar-refractivity contribution in [3.8, 4) is 0 Å². The SMILES string of the molecule is Cc1ccc(SCCC(=O)Nc2cccc(C)c2)cc1. The smallest absolute Gasteiger partial charge is 0.225 e. The maximum atomic E-state index is 11.8. The number of nitrogens with one attached hydrogen (secondary N) is 1. The summed E-state index contributed by atoms with van der Waals surface area (Å²) in [5.41, 5.74) is 3.28. The second-order valence-corrected chi connectivity index (χ2v) is 6.00. The van der Waals surface area contributed by atoms with Gasteiger partial charge in [0.25, 0.3) is 0 Å². The summed E-state index contributed by atoms with van der Waals surface area (Å²) < 4.78 is 0. The zero-order valence-corrected chi connectivity index (χ0v) is 12.7. The molecule has 0 aliphatic heterocycles. The highest BCUT2D eigenvalue weighted by molar-refractivity contribution is 7.99. The number of amides is 1. The summed E-state index contributed by atoms with van der Waals surface area (Å²) in [6.07, 6.45) is 0.520. The van der Waals surface area contributed by atoms with E-state index in [1.165, 1.54) is 10.5 Å². The summed E-state index contributed by atoms with van der Waals surface area (Å²) in [5, 5.41) is 2.93. The van der Waals surface area contributed by atoms with E-state index in [0.717, 1.165) is 17.0 Å². The van der Waals surface area contributed by atoms with Gasteiger partial charge in [-0.1, -0.05) is 29.8 Å². The first kappa shape index (κ1) is 14.7. The number of rotatable bonds is 5. The summed E-state index contributed by atoms with van der Waals surface area (Å²) in [4.78, 5) is 13.1. The fourth-order valence-electron chi connectivity index (χ4n) is 1.84. The van der Waals surface area contributed by atoms with E-state index in [2.05, 4.69) is 36.5 Å². The third kappa shape index (κ3) is 4.74. The van der Waals surface area contributed by atoms with Crippen LogP contribution in [0.3, 0.4) is 0 Å². The minimum atomic E-state index is 0.0650. The van der Waals surface area contributed by atoms with Crippen molar-refractivity contribution in [2.45, 2.75) is 25.2 Å². The maximum Gasteiger partial charge on any atom is 0.225 e. The van der Waals surface area contributed by atoms with Gasteiger partial charge in [-0.2, -0.15) is 0 Å². The molecular formula is C17H19NOS. The third-order valence-corrected chi connectivity index (χ3v) is 3.93. The Bertz CT molecular complexity index is 578. The van der Waals surface area contributed by atoms with Crippen molar-refractivity contribution in [1.82, 2.24) is 0 Å². The predicted molar refractivity (Wildman–Crippen MR) is 86.3 cm³/mol. The average Bonchev–Trinajstić information content (AvgIpc) is 2.41. The van der Waals surface area contributed by atoms with Crippen LogP contribution in [-0.4, -0.2) is 11.7 Å². The van der Waals surface area contributed by atoms with E-state index in [4.69, 9.17) is 0 Å². The Balaban J connectivity index is 1.76. The molecule has 104 valence electrons. The number of carbonyl (C=O) groups excluding carboxylic acids is 1. The lowest BCUT2D eigenvalue weighted by molar-refractivity contribution is -0.115. The minimum Gasteiger partial charge on any atom is -0.326 e. The molecular weight excluding hydrogens is 266 g/mol. The molecule has 0 saturated carbocycles. The molecule has 0 atom stereocenters. The van der Waals surface area contributed by atoms with E-state index in [1.54, 1.807) is 11.8 Å². The number of hydrogen-bond donors (Lipinski definition) is 1. The van der Waals surface area contributed by atoms with Crippen LogP contribution >= 0.6 is 11.8 Å². The van der Waals surface area contributed by atoms with Crippen molar-refractivity contribution in [3.05, 3.63) is 59.7 Å². The molecule has 0 heterocycles. The van der Waals surface area contributed by atoms with Crippen molar-refractivity contribution in [1.29, 1.82) is 0 Å². The van der Waals surface area contributed by atoms with Gasteiger partial charge in [-0.3, -0.25) is 4.79 Å². The van der Waals surface area contributed by atoms with Crippen LogP contribution in [0.15, 0.2) is 53.4 Å². The molecule has 1 amide bonds. The number of aryl methyl sites for hydroxylation is 2. The van der Waals surface area contributed by atoms with E-state index in [0.29, 0.717) is 6.42 Å². The molecule has 0 bridgehead atoms. The van der Waals surface area contributed by atoms with Gasteiger partial charge in [0.1, 0.15) is 0 Å². The van der Waals surface area contributed by atoms with Gasteiger partial charge in [0.2, 0.25) is 5.91 Å². The van der Waals surface area contributed by atoms with E-state index >= 15 is 0 Å². The van der Waals surface area contributed by atoms with Gasteiger partial charge >= 0.3 is 0 Å². The predicted octanol–water partition coefficient (Wildman–Crippen LogP) is 4.42. The molecule has 0 aromatic heterocycles. The van der Waals surface area contributed by atoms with Crippen molar-refractivity contribution in [2.24, 2.45) is 0 Å². The highest BCUT2D eigenvalue weighted by atomic mass is 32.2. The van der Waals surface area contributed by atoms with Crippen LogP contribution in [0.1, 0.15) is 17.5 Å². The van der Waals surface area contributed by atoms with Gasteiger partial charge in [0.05, 0.1) is 0 Å². The highest BCUT2D eigenvalue weighted by Gasteiger charge is 2.03. The zero-order chi connectivity index (χ0) is 14.4. The zero-order valence-electron chi connectivity index (χ0n) is 11.8. The first-order valence-electron chi connectivity index (χ1n) is 6.69. The maximum absolute atomic E-state index is 11.8. The summed E-state index contributed by atoms with van der Waals surface area (Å²) in [7, 11) is 0. The molecule has 0 fully saturated rings. The molecule has 0 unspecified atom stereocenters. The second kappa shape index (κ2) is 7.15. The van der Waals surface area contributed by atoms with E-state index in [9.17, 15) is 4.79 Å². The first-order valence-corrected chi connectivity index (χ1v) is 7.68. The Morgan fingerprint density at radius 3 is 2.50 bits per heavy atom. The van der Waals surface area contributed by atoms with Gasteiger partial charge < -0.3 is 5.32 Å². The molecule has 0 spiro atoms. The molecule has 2 nitrogen and oxygen atoms in total. The lowest BCUT2D eigenvalue weighted by Gasteiger charge is -2.06. The van der Waals surface area contributed by atoms with Crippen LogP contribution in [0.5, 0.6) is 0 Å². The molecule has 2 aromatic carbocycles. The van der Waals surface area contributed by atoms with Crippen LogP contribution in [0.4, 0.5) is 5.69 Å². The quantitative estimate of drug-likeness (QED) is 0.824. The molecule has 2 aromatic rings. The lowest BCUT2D eigenvalue weighted by atomic mass is 10.2. The molecule has 0 saturated heterocycles. The number of carbonyl (C=O) groups is 1. The van der Waals surface area contributed by atoms with Gasteiger partial charge in [0.15, 0.2) is 0 Å². The Morgan fingerprint density at radius 1 is 1.05 bits per heavy atom. The number of anilines is 1. The number of thioether (sulfide) groups is 1. The van der Waals surface area contributed by atoms with Crippen molar-refractivity contribution in [2.75, 3.05) is 11.1 Å². The molecule has 2 rings (SSSR count). The van der Waals surface area contributed by atoms with Crippen LogP contribution in [0.25, 0.3) is 0 Å². The van der Waals surface area contributed by atoms with Crippen LogP contribution < -0.4 is 5.32 Å². The summed E-state index contributed by atoms with van der Waals surface area (Å²) in [6.45, 7) is 4.09. The molecule has 20 heavy (non-hydrogen) atoms. The Hall–Kier alpha value is -1.74. The Kier molecular flexibility index (Phi) is 5.24. The van der Waals surface area contributed by atoms with E-state index < -0.39 is 0 Å². The first-order chi connectivity index (χ1) is 9.63. The fourth-order valence-corrected chi connectivity index (χ4v) is 2.69. The standard InChI is InChI=1S/C17H19NOS/c1-13-6-8-16(9-7-13)20-11-10-17(19)18-15-5-3-4-14(2)12-15/h3-9,12H,10-11H2,1-2H3,(H,18,19). The van der Waals surface area contributed by atoms with Crippen molar-refractivity contribution in [3.63, 3.8) is 0 Å². The van der Waals surface area contributed by atoms with Crippen LogP contribution in [0.2, 0.25) is 0 Å². The van der Waals surface area contributed by atoms with Gasteiger partial charge in [-0.05, 0) is 43.7 Å². The summed E-state index contributed by atoms with van der Waals surface area (Å²) in [6, 6.07) is 16.2. The second-order valence-electron chi connectivity index (χ2n) is 4.83. The number of hydrogen-bond acceptors (Lipinski definition) is 2. The van der Waals surface area contributed by atoms with E-state index in [-0.39, 0.29) is 5.91 Å². The van der Waals surface area contributed by atoms with Crippen LogP contribution in [-0.2, 0) is 4.79 Å². The molecule has 0 radical (unpaired) electrons. The number of benzene rings is 2. The monoisotopic (exact) mass is 285 g/mol. The molecule has 0 aliphatic rings. The fraction of sp³-hybridized carbons (Fsp3) is 0.235. The van der Waals surface area contributed by atoms with Gasteiger partial charge in [-0.15, -0.1) is 11.8 Å². The molecule has 1 N–H and O–H groups in total. The Labute approximate surface area is 124 Å². The minimum absolute atomic E-state index is 0.0650. The molecule has 0 aliphatic carbocycles. The average molecular weight is 285 g/mol. The normalized spacial score (nSPS) is 10.3. The van der Waals surface area contributed by atoms with Gasteiger partial charge in [0, 0.05) is 22.8 Å². The highest BCUT2D eigenvalue weighted by Crippen LogP contribution is 2.19. The Morgan fingerprint density at radius 2 is 1.80 bits per heavy atom. The molecule has 3 heteroatoms. The van der Waals surface area contributed by atoms with Gasteiger partial charge in [-0.25, -0.2) is 0 Å². The third-order valence-electron chi connectivity index (χ3n) is 2.92. The lowest BCUT2D eigenvalue weighted by Crippen LogP contribution is -2.12. The van der Waals surface area contributed by atoms with Crippen LogP contribution in [0, 0.1) is 13.8 Å². The topological polar surface area (TPSA) is 29.1 Å². The van der Waals surface area contributed by atoms with Crippen molar-refractivity contribution < 1.29 is 4.79 Å².